The zero-order valence-corrected chi connectivity index (χ0v) is 4.72. The molecule has 1 aliphatic heterocycles. The van der Waals surface area contributed by atoms with Gasteiger partial charge in [0.25, 0.3) is 0 Å². The second-order valence-electron chi connectivity index (χ2n) is 1.58. The van der Waals surface area contributed by atoms with Gasteiger partial charge in [-0.3, -0.25) is 15.0 Å². The predicted molar refractivity (Wildman–Crippen MR) is 26.9 cm³/mol. The van der Waals surface area contributed by atoms with Crippen molar-refractivity contribution in [3.63, 3.8) is 0 Å². The number of alkyl halides is 3. The van der Waals surface area contributed by atoms with E-state index in [-0.39, 0.29) is 0 Å². The molecule has 0 aliphatic carbocycles. The summed E-state index contributed by atoms with van der Waals surface area (Å²) < 4.78 is 37.6. The van der Waals surface area contributed by atoms with Crippen LogP contribution in [0.5, 0.6) is 0 Å². The fourth-order valence-electron chi connectivity index (χ4n) is 0.489. The lowest BCUT2D eigenvalue weighted by Crippen LogP contribution is -2.32. The Morgan fingerprint density at radius 3 is 2.60 bits per heavy atom. The van der Waals surface area contributed by atoms with Gasteiger partial charge < -0.3 is 0 Å². The standard InChI is InChI=1S/C4H4F3N2O/c5-4(6,7)10-3-1-8-2-9-3/h1-3,9H. The van der Waals surface area contributed by atoms with Crippen LogP contribution in [0.1, 0.15) is 0 Å². The molecule has 0 aromatic rings. The van der Waals surface area contributed by atoms with Crippen LogP contribution in [0, 0.1) is 6.67 Å². The molecular formula is C4H4F3N2O. The molecule has 0 aromatic heterocycles. The van der Waals surface area contributed by atoms with E-state index in [0.717, 1.165) is 12.9 Å². The van der Waals surface area contributed by atoms with Crippen molar-refractivity contribution in [2.75, 3.05) is 0 Å². The zero-order valence-electron chi connectivity index (χ0n) is 4.72. The average Bonchev–Trinajstić information content (AvgIpc) is 2.12. The molecule has 0 saturated heterocycles. The molecule has 0 bridgehead atoms. The smallest absolute Gasteiger partial charge is 0.271 e. The highest BCUT2D eigenvalue weighted by molar-refractivity contribution is 5.65. The highest BCUT2D eigenvalue weighted by Crippen LogP contribution is 2.18. The van der Waals surface area contributed by atoms with Crippen molar-refractivity contribution >= 4 is 6.21 Å². The van der Waals surface area contributed by atoms with Crippen LogP contribution < -0.4 is 5.32 Å². The Balaban J connectivity index is 2.31. The van der Waals surface area contributed by atoms with Crippen molar-refractivity contribution in [3.05, 3.63) is 6.67 Å². The number of nitrogens with zero attached hydrogens (tertiary/aromatic N) is 1. The summed E-state index contributed by atoms with van der Waals surface area (Å²) in [4.78, 5) is 3.36. The zero-order chi connectivity index (χ0) is 7.61. The molecule has 1 N–H and O–H groups in total. The topological polar surface area (TPSA) is 33.6 Å². The van der Waals surface area contributed by atoms with Crippen molar-refractivity contribution in [2.45, 2.75) is 12.6 Å². The number of aliphatic imine (C=N–C) groups is 1. The Kier molecular flexibility index (Phi) is 1.91. The van der Waals surface area contributed by atoms with E-state index in [1.165, 1.54) is 0 Å². The summed E-state index contributed by atoms with van der Waals surface area (Å²) in [6.45, 7) is 1.14. The van der Waals surface area contributed by atoms with Crippen molar-refractivity contribution in [2.24, 2.45) is 4.99 Å². The summed E-state index contributed by atoms with van der Waals surface area (Å²) >= 11 is 0. The highest BCUT2D eigenvalue weighted by atomic mass is 19.4. The Labute approximate surface area is 54.9 Å². The summed E-state index contributed by atoms with van der Waals surface area (Å²) in [5.41, 5.74) is 0. The first-order valence-corrected chi connectivity index (χ1v) is 2.43. The minimum Gasteiger partial charge on any atom is -0.271 e. The van der Waals surface area contributed by atoms with Crippen LogP contribution in [0.15, 0.2) is 4.99 Å². The van der Waals surface area contributed by atoms with E-state index < -0.39 is 12.6 Å². The maximum atomic E-state index is 11.4. The summed E-state index contributed by atoms with van der Waals surface area (Å²) in [6, 6.07) is 0. The third kappa shape index (κ3) is 2.32. The summed E-state index contributed by atoms with van der Waals surface area (Å²) in [5, 5.41) is 2.22. The molecule has 1 unspecified atom stereocenters. The van der Waals surface area contributed by atoms with E-state index in [9.17, 15) is 13.2 Å². The van der Waals surface area contributed by atoms with Crippen LogP contribution in [0.2, 0.25) is 0 Å². The van der Waals surface area contributed by atoms with Gasteiger partial charge in [-0.25, -0.2) is 0 Å². The molecule has 1 aliphatic rings. The lowest BCUT2D eigenvalue weighted by molar-refractivity contribution is -0.334. The van der Waals surface area contributed by atoms with Crippen LogP contribution >= 0.6 is 0 Å². The molecule has 1 heterocycles. The fraction of sp³-hybridized carbons (Fsp3) is 0.500. The lowest BCUT2D eigenvalue weighted by Gasteiger charge is -2.10. The molecule has 10 heavy (non-hydrogen) atoms. The first kappa shape index (κ1) is 7.49. The van der Waals surface area contributed by atoms with E-state index in [4.69, 9.17) is 0 Å². The second kappa shape index (κ2) is 2.55. The maximum absolute atomic E-state index is 11.4. The van der Waals surface area contributed by atoms with E-state index in [1.807, 2.05) is 0 Å². The molecule has 6 heteroatoms. The van der Waals surface area contributed by atoms with Crippen LogP contribution in [-0.4, -0.2) is 18.8 Å². The predicted octanol–water partition coefficient (Wildman–Crippen LogP) is 0.642. The van der Waals surface area contributed by atoms with Gasteiger partial charge in [0.15, 0.2) is 6.23 Å². The van der Waals surface area contributed by atoms with Gasteiger partial charge in [0, 0.05) is 6.21 Å². The highest BCUT2D eigenvalue weighted by Gasteiger charge is 2.33. The Morgan fingerprint density at radius 1 is 1.50 bits per heavy atom. The van der Waals surface area contributed by atoms with Gasteiger partial charge in [0.1, 0.15) is 6.67 Å². The third-order valence-corrected chi connectivity index (χ3v) is 0.795. The fourth-order valence-corrected chi connectivity index (χ4v) is 0.489. The quantitative estimate of drug-likeness (QED) is 0.599. The molecular weight excluding hydrogens is 149 g/mol. The van der Waals surface area contributed by atoms with Crippen LogP contribution in [0.3, 0.4) is 0 Å². The third-order valence-electron chi connectivity index (χ3n) is 0.795. The molecule has 1 atom stereocenters. The molecule has 57 valence electrons. The van der Waals surface area contributed by atoms with Crippen LogP contribution in [-0.2, 0) is 4.74 Å². The van der Waals surface area contributed by atoms with Crippen molar-refractivity contribution < 1.29 is 17.9 Å². The molecule has 0 amide bonds. The lowest BCUT2D eigenvalue weighted by atomic mass is 10.6. The van der Waals surface area contributed by atoms with E-state index in [1.54, 1.807) is 0 Å². The Morgan fingerprint density at radius 2 is 2.20 bits per heavy atom. The van der Waals surface area contributed by atoms with Crippen molar-refractivity contribution in [1.29, 1.82) is 0 Å². The maximum Gasteiger partial charge on any atom is 0.524 e. The monoisotopic (exact) mass is 153 g/mol. The minimum atomic E-state index is -4.61. The van der Waals surface area contributed by atoms with Gasteiger partial charge in [0.2, 0.25) is 0 Å². The second-order valence-corrected chi connectivity index (χ2v) is 1.58. The molecule has 0 fully saturated rings. The van der Waals surface area contributed by atoms with E-state index in [2.05, 4.69) is 15.0 Å². The molecule has 0 spiro atoms. The number of ether oxygens (including phenoxy) is 1. The number of rotatable bonds is 1. The summed E-state index contributed by atoms with van der Waals surface area (Å²) in [5.74, 6) is 0. The summed E-state index contributed by atoms with van der Waals surface area (Å²) in [6.07, 6.45) is -4.75. The van der Waals surface area contributed by atoms with Gasteiger partial charge in [-0.15, -0.1) is 13.2 Å². The first-order valence-electron chi connectivity index (χ1n) is 2.43. The molecule has 0 aromatic carbocycles. The average molecular weight is 153 g/mol. The van der Waals surface area contributed by atoms with Crippen LogP contribution in [0.4, 0.5) is 13.2 Å². The molecule has 1 radical (unpaired) electrons. The number of nitrogens with one attached hydrogen (secondary N) is 1. The van der Waals surface area contributed by atoms with Gasteiger partial charge >= 0.3 is 6.36 Å². The number of hydrogen-bond donors (Lipinski definition) is 1. The number of hydrogen-bond acceptors (Lipinski definition) is 3. The largest absolute Gasteiger partial charge is 0.524 e. The molecule has 3 nitrogen and oxygen atoms in total. The number of halogens is 3. The van der Waals surface area contributed by atoms with Gasteiger partial charge in [-0.1, -0.05) is 0 Å². The Hall–Kier alpha value is -0.620. The van der Waals surface area contributed by atoms with Crippen molar-refractivity contribution in [3.8, 4) is 0 Å². The van der Waals surface area contributed by atoms with E-state index in [0.29, 0.717) is 0 Å². The minimum absolute atomic E-state index is 1.02. The van der Waals surface area contributed by atoms with Gasteiger partial charge in [-0.2, -0.15) is 0 Å². The first-order chi connectivity index (χ1) is 4.58. The van der Waals surface area contributed by atoms with Crippen LogP contribution in [0.25, 0.3) is 0 Å². The summed E-state index contributed by atoms with van der Waals surface area (Å²) in [7, 11) is 0. The van der Waals surface area contributed by atoms with Gasteiger partial charge in [-0.05, 0) is 0 Å². The van der Waals surface area contributed by atoms with Crippen molar-refractivity contribution in [1.82, 2.24) is 5.32 Å². The molecule has 1 rings (SSSR count). The Bertz CT molecular complexity index is 144. The molecule has 0 saturated carbocycles. The van der Waals surface area contributed by atoms with E-state index >= 15 is 0 Å². The van der Waals surface area contributed by atoms with Gasteiger partial charge in [0.05, 0.1) is 0 Å². The SMILES string of the molecule is FC(F)(F)OC1C=N[CH]N1. The normalized spacial score (nSPS) is 25.7.